The molecule has 3 aromatic rings. The molecular weight excluding hydrogens is 370 g/mol. The first-order chi connectivity index (χ1) is 13.7. The van der Waals surface area contributed by atoms with Crippen molar-refractivity contribution in [2.24, 2.45) is 0 Å². The van der Waals surface area contributed by atoms with E-state index in [1.54, 1.807) is 0 Å². The molecule has 142 valence electrons. The van der Waals surface area contributed by atoms with E-state index in [-0.39, 0.29) is 18.2 Å². The fourth-order valence-corrected chi connectivity index (χ4v) is 4.09. The first kappa shape index (κ1) is 18.4. The quantitative estimate of drug-likeness (QED) is 0.725. The Morgan fingerprint density at radius 1 is 1.00 bits per heavy atom. The van der Waals surface area contributed by atoms with Crippen LogP contribution in [0.3, 0.4) is 0 Å². The SMILES string of the molecule is O=C(Cc1ccccc1)Nc1nc(CC(=O)N2CCc3ccccc3C2)cs1. The molecule has 6 heteroatoms. The normalized spacial score (nSPS) is 13.1. The third-order valence-electron chi connectivity index (χ3n) is 4.82. The van der Waals surface area contributed by atoms with Crippen LogP contribution in [0.15, 0.2) is 60.0 Å². The Hall–Kier alpha value is -2.99. The number of thiazole rings is 1. The Kier molecular flexibility index (Phi) is 5.48. The molecule has 1 aliphatic rings. The van der Waals surface area contributed by atoms with Crippen LogP contribution in [0, 0.1) is 0 Å². The molecule has 0 saturated carbocycles. The lowest BCUT2D eigenvalue weighted by atomic mass is 10.00. The molecule has 1 aromatic heterocycles. The number of aromatic nitrogens is 1. The molecule has 4 rings (SSSR count). The first-order valence-electron chi connectivity index (χ1n) is 9.30. The molecule has 0 saturated heterocycles. The summed E-state index contributed by atoms with van der Waals surface area (Å²) in [6.45, 7) is 1.39. The third kappa shape index (κ3) is 4.46. The standard InChI is InChI=1S/C22H21N3O2S/c26-20(12-16-6-2-1-3-7-16)24-22-23-19(15-28-22)13-21(27)25-11-10-17-8-4-5-9-18(17)14-25/h1-9,15H,10-14H2,(H,23,24,26). The lowest BCUT2D eigenvalue weighted by Gasteiger charge is -2.28. The lowest BCUT2D eigenvalue weighted by Crippen LogP contribution is -2.36. The van der Waals surface area contributed by atoms with E-state index >= 15 is 0 Å². The van der Waals surface area contributed by atoms with Gasteiger partial charge in [0.25, 0.3) is 0 Å². The smallest absolute Gasteiger partial charge is 0.230 e. The maximum atomic E-state index is 12.7. The molecule has 0 fully saturated rings. The molecule has 1 N–H and O–H groups in total. The summed E-state index contributed by atoms with van der Waals surface area (Å²) < 4.78 is 0. The van der Waals surface area contributed by atoms with Gasteiger partial charge in [-0.3, -0.25) is 9.59 Å². The number of amides is 2. The molecule has 5 nitrogen and oxygen atoms in total. The number of rotatable bonds is 5. The van der Waals surface area contributed by atoms with Crippen LogP contribution in [0.5, 0.6) is 0 Å². The molecule has 0 atom stereocenters. The summed E-state index contributed by atoms with van der Waals surface area (Å²) >= 11 is 1.35. The Balaban J connectivity index is 1.32. The summed E-state index contributed by atoms with van der Waals surface area (Å²) in [6, 6.07) is 17.8. The minimum absolute atomic E-state index is 0.0713. The Labute approximate surface area is 168 Å². The summed E-state index contributed by atoms with van der Waals surface area (Å²) in [6.07, 6.45) is 1.45. The van der Waals surface area contributed by atoms with Crippen LogP contribution in [0.4, 0.5) is 5.13 Å². The maximum Gasteiger partial charge on any atom is 0.230 e. The van der Waals surface area contributed by atoms with E-state index < -0.39 is 0 Å². The fourth-order valence-electron chi connectivity index (χ4n) is 3.37. The van der Waals surface area contributed by atoms with E-state index in [1.807, 2.05) is 52.7 Å². The van der Waals surface area contributed by atoms with Gasteiger partial charge in [-0.1, -0.05) is 54.6 Å². The second-order valence-corrected chi connectivity index (χ2v) is 7.72. The number of fused-ring (bicyclic) bond motifs is 1. The highest BCUT2D eigenvalue weighted by molar-refractivity contribution is 7.13. The average molecular weight is 391 g/mol. The van der Waals surface area contributed by atoms with Gasteiger partial charge in [-0.25, -0.2) is 4.98 Å². The molecular formula is C22H21N3O2S. The molecule has 2 amide bonds. The zero-order valence-corrected chi connectivity index (χ0v) is 16.2. The fraction of sp³-hybridized carbons (Fsp3) is 0.227. The topological polar surface area (TPSA) is 62.3 Å². The van der Waals surface area contributed by atoms with E-state index in [9.17, 15) is 9.59 Å². The summed E-state index contributed by atoms with van der Waals surface area (Å²) in [5.41, 5.74) is 4.19. The highest BCUT2D eigenvalue weighted by Crippen LogP contribution is 2.21. The number of hydrogen-bond acceptors (Lipinski definition) is 4. The maximum absolute atomic E-state index is 12.7. The van der Waals surface area contributed by atoms with Crippen molar-refractivity contribution in [3.63, 3.8) is 0 Å². The molecule has 28 heavy (non-hydrogen) atoms. The van der Waals surface area contributed by atoms with E-state index in [1.165, 1.54) is 22.5 Å². The Bertz CT molecular complexity index is 984. The van der Waals surface area contributed by atoms with Gasteiger partial charge in [-0.15, -0.1) is 11.3 Å². The Morgan fingerprint density at radius 3 is 2.57 bits per heavy atom. The second kappa shape index (κ2) is 8.35. The van der Waals surface area contributed by atoms with Crippen LogP contribution < -0.4 is 5.32 Å². The number of carbonyl (C=O) groups is 2. The van der Waals surface area contributed by atoms with Crippen LogP contribution >= 0.6 is 11.3 Å². The molecule has 1 aliphatic heterocycles. The second-order valence-electron chi connectivity index (χ2n) is 6.87. The van der Waals surface area contributed by atoms with Crippen molar-refractivity contribution in [3.05, 3.63) is 82.4 Å². The van der Waals surface area contributed by atoms with Crippen LogP contribution in [-0.2, 0) is 35.4 Å². The molecule has 2 aromatic carbocycles. The van der Waals surface area contributed by atoms with Crippen LogP contribution in [0.25, 0.3) is 0 Å². The van der Waals surface area contributed by atoms with Crippen molar-refractivity contribution in [3.8, 4) is 0 Å². The van der Waals surface area contributed by atoms with Gasteiger partial charge in [0.05, 0.1) is 18.5 Å². The first-order valence-corrected chi connectivity index (χ1v) is 10.2. The zero-order valence-electron chi connectivity index (χ0n) is 15.4. The van der Waals surface area contributed by atoms with E-state index in [4.69, 9.17) is 0 Å². The summed E-state index contributed by atoms with van der Waals surface area (Å²) in [5.74, 6) is -0.0342. The number of anilines is 1. The number of carbonyl (C=O) groups excluding carboxylic acids is 2. The number of hydrogen-bond donors (Lipinski definition) is 1. The zero-order chi connectivity index (χ0) is 19.3. The summed E-state index contributed by atoms with van der Waals surface area (Å²) in [4.78, 5) is 31.1. The van der Waals surface area contributed by atoms with Crippen LogP contribution in [-0.4, -0.2) is 28.2 Å². The van der Waals surface area contributed by atoms with Crippen molar-refractivity contribution < 1.29 is 9.59 Å². The van der Waals surface area contributed by atoms with E-state index in [0.29, 0.717) is 23.8 Å². The highest BCUT2D eigenvalue weighted by atomic mass is 32.1. The molecule has 0 radical (unpaired) electrons. The van der Waals surface area contributed by atoms with Crippen LogP contribution in [0.1, 0.15) is 22.4 Å². The number of nitrogens with one attached hydrogen (secondary N) is 1. The van der Waals surface area contributed by atoms with Gasteiger partial charge in [0.1, 0.15) is 0 Å². The van der Waals surface area contributed by atoms with Gasteiger partial charge in [-0.2, -0.15) is 0 Å². The van der Waals surface area contributed by atoms with Crippen molar-refractivity contribution in [2.45, 2.75) is 25.8 Å². The number of benzene rings is 2. The molecule has 0 aliphatic carbocycles. The minimum Gasteiger partial charge on any atom is -0.338 e. The highest BCUT2D eigenvalue weighted by Gasteiger charge is 2.21. The Morgan fingerprint density at radius 2 is 1.75 bits per heavy atom. The van der Waals surface area contributed by atoms with Gasteiger partial charge >= 0.3 is 0 Å². The van der Waals surface area contributed by atoms with E-state index in [2.05, 4.69) is 22.4 Å². The lowest BCUT2D eigenvalue weighted by molar-refractivity contribution is -0.131. The predicted molar refractivity (Wildman–Crippen MR) is 110 cm³/mol. The minimum atomic E-state index is -0.105. The van der Waals surface area contributed by atoms with Gasteiger partial charge in [0, 0.05) is 18.5 Å². The van der Waals surface area contributed by atoms with Crippen molar-refractivity contribution in [2.75, 3.05) is 11.9 Å². The largest absolute Gasteiger partial charge is 0.338 e. The van der Waals surface area contributed by atoms with Gasteiger partial charge < -0.3 is 10.2 Å². The monoisotopic (exact) mass is 391 g/mol. The van der Waals surface area contributed by atoms with Crippen molar-refractivity contribution >= 4 is 28.3 Å². The third-order valence-corrected chi connectivity index (χ3v) is 5.63. The summed E-state index contributed by atoms with van der Waals surface area (Å²) in [7, 11) is 0. The van der Waals surface area contributed by atoms with Crippen molar-refractivity contribution in [1.82, 2.24) is 9.88 Å². The summed E-state index contributed by atoms with van der Waals surface area (Å²) in [5, 5.41) is 5.20. The van der Waals surface area contributed by atoms with Crippen LogP contribution in [0.2, 0.25) is 0 Å². The van der Waals surface area contributed by atoms with E-state index in [0.717, 1.165) is 18.5 Å². The van der Waals surface area contributed by atoms with Gasteiger partial charge in [0.15, 0.2) is 5.13 Å². The molecule has 0 unspecified atom stereocenters. The molecule has 2 heterocycles. The predicted octanol–water partition coefficient (Wildman–Crippen LogP) is 3.45. The van der Waals surface area contributed by atoms with Gasteiger partial charge in [-0.05, 0) is 23.1 Å². The number of nitrogens with zero attached hydrogens (tertiary/aromatic N) is 2. The molecule has 0 spiro atoms. The van der Waals surface area contributed by atoms with Crippen molar-refractivity contribution in [1.29, 1.82) is 0 Å². The molecule has 0 bridgehead atoms. The van der Waals surface area contributed by atoms with Gasteiger partial charge in [0.2, 0.25) is 11.8 Å². The average Bonchev–Trinajstić information content (AvgIpc) is 3.14.